The monoisotopic (exact) mass is 232 g/mol. The van der Waals surface area contributed by atoms with Crippen LogP contribution in [-0.2, 0) is 5.41 Å². The summed E-state index contributed by atoms with van der Waals surface area (Å²) in [6, 6.07) is 2.40. The average molecular weight is 232 g/mol. The summed E-state index contributed by atoms with van der Waals surface area (Å²) >= 11 is 2.10. The van der Waals surface area contributed by atoms with Crippen LogP contribution in [0.15, 0.2) is 11.0 Å². The van der Waals surface area contributed by atoms with Crippen molar-refractivity contribution in [3.63, 3.8) is 0 Å². The maximum Gasteiger partial charge on any atom is 0.0144 e. The Morgan fingerprint density at radius 2 is 1.81 bits per heavy atom. The van der Waals surface area contributed by atoms with Crippen LogP contribution in [0.3, 0.4) is 0 Å². The van der Waals surface area contributed by atoms with E-state index in [0.717, 1.165) is 0 Å². The molecule has 1 fully saturated rings. The molecule has 2 aliphatic rings. The molecule has 0 nitrogen and oxygen atoms in total. The first-order chi connectivity index (χ1) is 7.64. The van der Waals surface area contributed by atoms with Crippen LogP contribution in [0.5, 0.6) is 0 Å². The SMILES string of the molecule is Cc1cc(C)c2c(c1C)SCCC21CCC1. The van der Waals surface area contributed by atoms with Gasteiger partial charge in [0.15, 0.2) is 0 Å². The number of benzene rings is 1. The first kappa shape index (κ1) is 10.7. The largest absolute Gasteiger partial charge is 0.126 e. The lowest BCUT2D eigenvalue weighted by molar-refractivity contribution is 0.228. The second kappa shape index (κ2) is 3.53. The van der Waals surface area contributed by atoms with Crippen LogP contribution in [0.4, 0.5) is 0 Å². The Balaban J connectivity index is 2.24. The Morgan fingerprint density at radius 1 is 1.06 bits per heavy atom. The Hall–Kier alpha value is -0.430. The predicted octanol–water partition coefficient (Wildman–Crippen LogP) is 4.53. The fourth-order valence-corrected chi connectivity index (χ4v) is 5.06. The van der Waals surface area contributed by atoms with Gasteiger partial charge in [-0.25, -0.2) is 0 Å². The fourth-order valence-electron chi connectivity index (χ4n) is 3.47. The summed E-state index contributed by atoms with van der Waals surface area (Å²) in [5.74, 6) is 1.33. The summed E-state index contributed by atoms with van der Waals surface area (Å²) in [5.41, 5.74) is 6.86. The predicted molar refractivity (Wildman–Crippen MR) is 71.5 cm³/mol. The van der Waals surface area contributed by atoms with Crippen LogP contribution >= 0.6 is 11.8 Å². The second-order valence-electron chi connectivity index (χ2n) is 5.57. The van der Waals surface area contributed by atoms with Crippen molar-refractivity contribution in [1.82, 2.24) is 0 Å². The van der Waals surface area contributed by atoms with E-state index in [-0.39, 0.29) is 0 Å². The quantitative estimate of drug-likeness (QED) is 0.633. The summed E-state index contributed by atoms with van der Waals surface area (Å²) in [5, 5.41) is 0. The van der Waals surface area contributed by atoms with Gasteiger partial charge in [0, 0.05) is 4.90 Å². The zero-order valence-corrected chi connectivity index (χ0v) is 11.3. The van der Waals surface area contributed by atoms with Gasteiger partial charge in [-0.2, -0.15) is 0 Å². The summed E-state index contributed by atoms with van der Waals surface area (Å²) in [7, 11) is 0. The third-order valence-corrected chi connectivity index (χ3v) is 5.86. The van der Waals surface area contributed by atoms with Crippen molar-refractivity contribution in [2.24, 2.45) is 0 Å². The minimum absolute atomic E-state index is 0.586. The summed E-state index contributed by atoms with van der Waals surface area (Å²) in [6.45, 7) is 6.88. The van der Waals surface area contributed by atoms with Crippen molar-refractivity contribution in [3.8, 4) is 0 Å². The zero-order valence-electron chi connectivity index (χ0n) is 10.5. The third-order valence-electron chi connectivity index (χ3n) is 4.65. The van der Waals surface area contributed by atoms with Crippen LogP contribution in [0.2, 0.25) is 0 Å². The summed E-state index contributed by atoms with van der Waals surface area (Å²) in [6.07, 6.45) is 5.72. The molecule has 0 aromatic heterocycles. The molecule has 16 heavy (non-hydrogen) atoms. The van der Waals surface area contributed by atoms with Crippen LogP contribution in [-0.4, -0.2) is 5.75 Å². The molecule has 0 amide bonds. The van der Waals surface area contributed by atoms with Crippen molar-refractivity contribution < 1.29 is 0 Å². The highest BCUT2D eigenvalue weighted by atomic mass is 32.2. The number of fused-ring (bicyclic) bond motifs is 2. The molecule has 0 atom stereocenters. The van der Waals surface area contributed by atoms with Gasteiger partial charge >= 0.3 is 0 Å². The van der Waals surface area contributed by atoms with Crippen molar-refractivity contribution in [2.45, 2.75) is 56.8 Å². The first-order valence-corrected chi connectivity index (χ1v) is 7.37. The van der Waals surface area contributed by atoms with E-state index < -0.39 is 0 Å². The molecule has 1 heterocycles. The Labute approximate surface area is 103 Å². The van der Waals surface area contributed by atoms with Crippen LogP contribution in [0.25, 0.3) is 0 Å². The van der Waals surface area contributed by atoms with Gasteiger partial charge in [0.25, 0.3) is 0 Å². The molecule has 1 aromatic rings. The van der Waals surface area contributed by atoms with E-state index in [1.54, 1.807) is 16.0 Å². The van der Waals surface area contributed by atoms with Crippen molar-refractivity contribution >= 4 is 11.8 Å². The molecule has 0 saturated heterocycles. The van der Waals surface area contributed by atoms with Gasteiger partial charge in [0.1, 0.15) is 0 Å². The lowest BCUT2D eigenvalue weighted by atomic mass is 9.61. The van der Waals surface area contributed by atoms with E-state index in [2.05, 4.69) is 38.6 Å². The van der Waals surface area contributed by atoms with Crippen LogP contribution < -0.4 is 0 Å². The van der Waals surface area contributed by atoms with Crippen molar-refractivity contribution in [3.05, 3.63) is 28.3 Å². The minimum Gasteiger partial charge on any atom is -0.126 e. The molecule has 1 spiro atoms. The van der Waals surface area contributed by atoms with Gasteiger partial charge < -0.3 is 0 Å². The van der Waals surface area contributed by atoms with Crippen molar-refractivity contribution in [1.29, 1.82) is 0 Å². The molecule has 1 aliphatic carbocycles. The standard InChI is InChI=1S/C15H20S/c1-10-9-11(2)13-14(12(10)3)16-8-7-15(13)5-4-6-15/h9H,4-8H2,1-3H3. The van der Waals surface area contributed by atoms with E-state index in [1.807, 2.05) is 0 Å². The van der Waals surface area contributed by atoms with Gasteiger partial charge in [-0.05, 0) is 73.5 Å². The molecule has 1 heteroatoms. The highest BCUT2D eigenvalue weighted by molar-refractivity contribution is 7.99. The minimum atomic E-state index is 0.586. The molecular formula is C15H20S. The highest BCUT2D eigenvalue weighted by Crippen LogP contribution is 2.55. The fraction of sp³-hybridized carbons (Fsp3) is 0.600. The number of hydrogen-bond acceptors (Lipinski definition) is 1. The molecule has 0 N–H and O–H groups in total. The lowest BCUT2D eigenvalue weighted by Gasteiger charge is -2.47. The van der Waals surface area contributed by atoms with Gasteiger partial charge in [-0.15, -0.1) is 11.8 Å². The topological polar surface area (TPSA) is 0 Å². The first-order valence-electron chi connectivity index (χ1n) is 6.38. The maximum absolute atomic E-state index is 2.40. The van der Waals surface area contributed by atoms with E-state index in [4.69, 9.17) is 0 Å². The molecular weight excluding hydrogens is 212 g/mol. The maximum atomic E-state index is 2.40. The Morgan fingerprint density at radius 3 is 2.44 bits per heavy atom. The number of aryl methyl sites for hydroxylation is 2. The van der Waals surface area contributed by atoms with Gasteiger partial charge in [-0.1, -0.05) is 12.5 Å². The number of rotatable bonds is 0. The van der Waals surface area contributed by atoms with E-state index in [9.17, 15) is 0 Å². The average Bonchev–Trinajstić information content (AvgIpc) is 2.23. The van der Waals surface area contributed by atoms with Crippen molar-refractivity contribution in [2.75, 3.05) is 5.75 Å². The molecule has 86 valence electrons. The normalized spacial score (nSPS) is 21.7. The molecule has 1 aliphatic heterocycles. The highest BCUT2D eigenvalue weighted by Gasteiger charge is 2.43. The summed E-state index contributed by atoms with van der Waals surface area (Å²) in [4.78, 5) is 1.63. The lowest BCUT2D eigenvalue weighted by Crippen LogP contribution is -2.38. The molecule has 1 aromatic carbocycles. The smallest absolute Gasteiger partial charge is 0.0144 e. The molecule has 0 bridgehead atoms. The third kappa shape index (κ3) is 1.30. The van der Waals surface area contributed by atoms with E-state index in [1.165, 1.54) is 42.6 Å². The van der Waals surface area contributed by atoms with Gasteiger partial charge in [0.05, 0.1) is 0 Å². The van der Waals surface area contributed by atoms with Crippen LogP contribution in [0, 0.1) is 20.8 Å². The number of thioether (sulfide) groups is 1. The van der Waals surface area contributed by atoms with Gasteiger partial charge in [0.2, 0.25) is 0 Å². The number of hydrogen-bond donors (Lipinski definition) is 0. The Bertz CT molecular complexity index is 441. The Kier molecular flexibility index (Phi) is 2.36. The molecule has 3 rings (SSSR count). The molecule has 1 saturated carbocycles. The van der Waals surface area contributed by atoms with E-state index in [0.29, 0.717) is 5.41 Å². The molecule has 0 unspecified atom stereocenters. The van der Waals surface area contributed by atoms with Crippen LogP contribution in [0.1, 0.15) is 47.9 Å². The second-order valence-corrected chi connectivity index (χ2v) is 6.68. The van der Waals surface area contributed by atoms with E-state index >= 15 is 0 Å². The molecule has 0 radical (unpaired) electrons. The zero-order chi connectivity index (χ0) is 11.3. The van der Waals surface area contributed by atoms with Gasteiger partial charge in [-0.3, -0.25) is 0 Å². The summed E-state index contributed by atoms with van der Waals surface area (Å²) < 4.78 is 0.